The quantitative estimate of drug-likeness (QED) is 0.474. The number of aromatic hydroxyl groups is 2. The van der Waals surface area contributed by atoms with E-state index in [-0.39, 0.29) is 17.1 Å². The van der Waals surface area contributed by atoms with E-state index >= 15 is 0 Å². The highest BCUT2D eigenvalue weighted by Crippen LogP contribution is 2.20. The van der Waals surface area contributed by atoms with Crippen LogP contribution >= 0.6 is 0 Å². The Morgan fingerprint density at radius 2 is 1.68 bits per heavy atom. The van der Waals surface area contributed by atoms with Crippen LogP contribution in [0, 0.1) is 0 Å². The van der Waals surface area contributed by atoms with Gasteiger partial charge in [-0.1, -0.05) is 12.1 Å². The van der Waals surface area contributed by atoms with Crippen LogP contribution in [0.3, 0.4) is 0 Å². The highest BCUT2D eigenvalue weighted by Gasteiger charge is 2.09. The minimum absolute atomic E-state index is 0.0431. The predicted molar refractivity (Wildman–Crippen MR) is 94.4 cm³/mol. The summed E-state index contributed by atoms with van der Waals surface area (Å²) in [5.74, 6) is -1.10. The van der Waals surface area contributed by atoms with Crippen molar-refractivity contribution >= 4 is 27.3 Å². The van der Waals surface area contributed by atoms with Gasteiger partial charge in [-0.3, -0.25) is 9.52 Å². The molecule has 0 unspecified atom stereocenters. The van der Waals surface area contributed by atoms with Gasteiger partial charge in [0, 0.05) is 17.3 Å². The Hall–Kier alpha value is -3.07. The molecule has 25 heavy (non-hydrogen) atoms. The van der Waals surface area contributed by atoms with Crippen molar-refractivity contribution in [2.75, 3.05) is 11.0 Å². The zero-order valence-electron chi connectivity index (χ0n) is 13.5. The van der Waals surface area contributed by atoms with Gasteiger partial charge < -0.3 is 10.2 Å². The second-order valence-corrected chi connectivity index (χ2v) is 7.08. The first-order chi connectivity index (χ1) is 11.6. The molecule has 0 radical (unpaired) electrons. The number of hydrogen-bond donors (Lipinski definition) is 4. The van der Waals surface area contributed by atoms with Gasteiger partial charge in [-0.25, -0.2) is 13.8 Å². The molecule has 8 nitrogen and oxygen atoms in total. The maximum Gasteiger partial charge on any atom is 0.271 e. The minimum atomic E-state index is -3.40. The average Bonchev–Trinajstić information content (AvgIpc) is 2.50. The van der Waals surface area contributed by atoms with Crippen LogP contribution < -0.4 is 10.1 Å². The number of carbonyl (C=O) groups is 1. The molecule has 4 N–H and O–H groups in total. The Labute approximate surface area is 144 Å². The van der Waals surface area contributed by atoms with Crippen molar-refractivity contribution in [3.63, 3.8) is 0 Å². The molecule has 132 valence electrons. The number of hydrogen-bond acceptors (Lipinski definition) is 6. The monoisotopic (exact) mass is 363 g/mol. The van der Waals surface area contributed by atoms with Crippen molar-refractivity contribution in [1.29, 1.82) is 0 Å². The highest BCUT2D eigenvalue weighted by molar-refractivity contribution is 7.92. The van der Waals surface area contributed by atoms with E-state index in [0.29, 0.717) is 17.0 Å². The molecule has 2 rings (SSSR count). The lowest BCUT2D eigenvalue weighted by atomic mass is 10.1. The molecule has 0 heterocycles. The van der Waals surface area contributed by atoms with Gasteiger partial charge in [0.15, 0.2) is 0 Å². The van der Waals surface area contributed by atoms with Crippen LogP contribution in [0.2, 0.25) is 0 Å². The van der Waals surface area contributed by atoms with Crippen LogP contribution in [-0.4, -0.2) is 36.5 Å². The largest absolute Gasteiger partial charge is 0.508 e. The van der Waals surface area contributed by atoms with Gasteiger partial charge in [-0.2, -0.15) is 5.10 Å². The van der Waals surface area contributed by atoms with E-state index in [9.17, 15) is 23.4 Å². The van der Waals surface area contributed by atoms with E-state index in [1.54, 1.807) is 31.2 Å². The number of rotatable bonds is 5. The first kappa shape index (κ1) is 18.3. The number of anilines is 1. The van der Waals surface area contributed by atoms with Crippen molar-refractivity contribution in [2.45, 2.75) is 6.92 Å². The van der Waals surface area contributed by atoms with E-state index in [1.807, 2.05) is 0 Å². The maximum atomic E-state index is 12.0. The normalized spacial score (nSPS) is 11.8. The number of sulfonamides is 1. The van der Waals surface area contributed by atoms with Crippen molar-refractivity contribution in [3.05, 3.63) is 53.6 Å². The molecule has 0 aromatic heterocycles. The lowest BCUT2D eigenvalue weighted by Gasteiger charge is -2.07. The van der Waals surface area contributed by atoms with Gasteiger partial charge in [0.1, 0.15) is 11.5 Å². The van der Waals surface area contributed by atoms with Gasteiger partial charge >= 0.3 is 0 Å². The molecule has 0 aliphatic heterocycles. The van der Waals surface area contributed by atoms with Crippen LogP contribution in [-0.2, 0) is 10.0 Å². The number of nitrogens with zero attached hydrogens (tertiary/aromatic N) is 1. The Kier molecular flexibility index (Phi) is 5.28. The second kappa shape index (κ2) is 7.22. The molecule has 0 saturated carbocycles. The molecule has 0 fully saturated rings. The summed E-state index contributed by atoms with van der Waals surface area (Å²) in [5.41, 5.74) is 3.77. The van der Waals surface area contributed by atoms with Crippen molar-refractivity contribution in [1.82, 2.24) is 5.43 Å². The van der Waals surface area contributed by atoms with E-state index in [0.717, 1.165) is 12.3 Å². The summed E-state index contributed by atoms with van der Waals surface area (Å²) in [6.45, 7) is 1.64. The van der Waals surface area contributed by atoms with Gasteiger partial charge in [0.2, 0.25) is 10.0 Å². The Bertz CT molecular complexity index is 918. The van der Waals surface area contributed by atoms with Gasteiger partial charge in [0.05, 0.1) is 12.0 Å². The number of benzene rings is 2. The first-order valence-corrected chi connectivity index (χ1v) is 8.99. The van der Waals surface area contributed by atoms with Crippen LogP contribution in [0.4, 0.5) is 5.69 Å². The molecule has 2 aromatic rings. The first-order valence-electron chi connectivity index (χ1n) is 7.10. The van der Waals surface area contributed by atoms with Crippen LogP contribution in [0.25, 0.3) is 0 Å². The molecule has 0 spiro atoms. The molecule has 9 heteroatoms. The zero-order valence-corrected chi connectivity index (χ0v) is 14.3. The topological polar surface area (TPSA) is 128 Å². The highest BCUT2D eigenvalue weighted by atomic mass is 32.2. The third kappa shape index (κ3) is 5.50. The summed E-state index contributed by atoms with van der Waals surface area (Å²) < 4.78 is 24.9. The molecule has 0 aliphatic carbocycles. The van der Waals surface area contributed by atoms with E-state index in [4.69, 9.17) is 0 Å². The third-order valence-corrected chi connectivity index (χ3v) is 3.68. The molecule has 1 amide bonds. The van der Waals surface area contributed by atoms with Gasteiger partial charge in [-0.05, 0) is 36.8 Å². The molecule has 0 bridgehead atoms. The number of carbonyl (C=O) groups excluding carboxylic acids is 1. The third-order valence-electron chi connectivity index (χ3n) is 3.07. The summed E-state index contributed by atoms with van der Waals surface area (Å²) in [6.07, 6.45) is 1.05. The Morgan fingerprint density at radius 3 is 2.28 bits per heavy atom. The van der Waals surface area contributed by atoms with E-state index in [2.05, 4.69) is 15.2 Å². The number of hydrazone groups is 1. The number of phenols is 2. The lowest BCUT2D eigenvalue weighted by Crippen LogP contribution is -2.19. The fraction of sp³-hybridized carbons (Fsp3) is 0.125. The molecular formula is C16H17N3O5S. The molecule has 0 atom stereocenters. The van der Waals surface area contributed by atoms with Gasteiger partial charge in [-0.15, -0.1) is 0 Å². The van der Waals surface area contributed by atoms with E-state index < -0.39 is 15.9 Å². The zero-order chi connectivity index (χ0) is 18.6. The average molecular weight is 363 g/mol. The van der Waals surface area contributed by atoms with Crippen molar-refractivity contribution in [2.24, 2.45) is 5.10 Å². The lowest BCUT2D eigenvalue weighted by molar-refractivity contribution is 0.0954. The van der Waals surface area contributed by atoms with Crippen molar-refractivity contribution < 1.29 is 23.4 Å². The summed E-state index contributed by atoms with van der Waals surface area (Å²) in [7, 11) is -3.40. The summed E-state index contributed by atoms with van der Waals surface area (Å²) in [4.78, 5) is 12.0. The van der Waals surface area contributed by atoms with Crippen LogP contribution in [0.5, 0.6) is 11.5 Å². The number of phenolic OH excluding ortho intramolecular Hbond substituents is 2. The standard InChI is InChI=1S/C16H17N3O5S/c1-10(11-4-3-5-13(6-11)19-25(2,23)24)17-18-16(22)12-7-14(20)9-15(21)8-12/h3-9,19-21H,1-2H3,(H,18,22). The summed E-state index contributed by atoms with van der Waals surface area (Å²) in [6, 6.07) is 10.0. The Morgan fingerprint density at radius 1 is 1.04 bits per heavy atom. The smallest absolute Gasteiger partial charge is 0.271 e. The fourth-order valence-corrected chi connectivity index (χ4v) is 2.57. The molecule has 0 saturated heterocycles. The van der Waals surface area contributed by atoms with Crippen LogP contribution in [0.1, 0.15) is 22.8 Å². The number of nitrogens with one attached hydrogen (secondary N) is 2. The Balaban J connectivity index is 2.16. The minimum Gasteiger partial charge on any atom is -0.508 e. The molecule has 0 aliphatic rings. The molecule has 2 aromatic carbocycles. The predicted octanol–water partition coefficient (Wildman–Crippen LogP) is 1.62. The SMILES string of the molecule is CC(=NNC(=O)c1cc(O)cc(O)c1)c1cccc(NS(C)(=O)=O)c1. The van der Waals surface area contributed by atoms with Crippen LogP contribution in [0.15, 0.2) is 47.6 Å². The summed E-state index contributed by atoms with van der Waals surface area (Å²) in [5, 5.41) is 22.7. The fourth-order valence-electron chi connectivity index (χ4n) is 2.01. The van der Waals surface area contributed by atoms with Crippen molar-refractivity contribution in [3.8, 4) is 11.5 Å². The van der Waals surface area contributed by atoms with Gasteiger partial charge in [0.25, 0.3) is 5.91 Å². The summed E-state index contributed by atoms with van der Waals surface area (Å²) >= 11 is 0. The second-order valence-electron chi connectivity index (χ2n) is 5.33. The maximum absolute atomic E-state index is 12.0. The molecular weight excluding hydrogens is 346 g/mol. The van der Waals surface area contributed by atoms with E-state index in [1.165, 1.54) is 12.1 Å². The number of amides is 1.